The molecule has 1 heterocycles. The summed E-state index contributed by atoms with van der Waals surface area (Å²) >= 11 is 6.07. The second-order valence-corrected chi connectivity index (χ2v) is 8.84. The fraction of sp³-hybridized carbons (Fsp3) is 0.480. The van der Waals surface area contributed by atoms with Crippen molar-refractivity contribution in [3.8, 4) is 11.5 Å². The summed E-state index contributed by atoms with van der Waals surface area (Å²) in [7, 11) is 1.51. The Bertz CT molecular complexity index is 903. The summed E-state index contributed by atoms with van der Waals surface area (Å²) in [5.41, 5.74) is 6.58. The SMILES string of the molecule is COc1cc(N)c(Cl)cc1C(=O)NCC1CCN(CCCCCOc2ccc(F)cc2)CC1. The summed E-state index contributed by atoms with van der Waals surface area (Å²) < 4.78 is 23.8. The van der Waals surface area contributed by atoms with Gasteiger partial charge in [-0.2, -0.15) is 0 Å². The maximum Gasteiger partial charge on any atom is 0.255 e. The number of carbonyl (C=O) groups is 1. The highest BCUT2D eigenvalue weighted by atomic mass is 35.5. The van der Waals surface area contributed by atoms with Gasteiger partial charge in [0.15, 0.2) is 0 Å². The maximum absolute atomic E-state index is 12.9. The van der Waals surface area contributed by atoms with Crippen LogP contribution in [0.25, 0.3) is 0 Å². The van der Waals surface area contributed by atoms with Gasteiger partial charge in [0, 0.05) is 12.6 Å². The van der Waals surface area contributed by atoms with Crippen LogP contribution in [0.5, 0.6) is 11.5 Å². The molecule has 0 unspecified atom stereocenters. The molecular formula is C25H33ClFN3O3. The average molecular weight is 478 g/mol. The lowest BCUT2D eigenvalue weighted by Crippen LogP contribution is -2.39. The third kappa shape index (κ3) is 7.79. The molecule has 0 radical (unpaired) electrons. The molecule has 0 atom stereocenters. The Morgan fingerprint density at radius 2 is 1.91 bits per heavy atom. The molecule has 1 aliphatic rings. The number of ether oxygens (including phenoxy) is 2. The molecule has 2 aromatic rings. The van der Waals surface area contributed by atoms with Crippen molar-refractivity contribution in [2.24, 2.45) is 5.92 Å². The number of likely N-dealkylation sites (tertiary alicyclic amines) is 1. The van der Waals surface area contributed by atoms with Crippen molar-refractivity contribution in [1.82, 2.24) is 10.2 Å². The van der Waals surface area contributed by atoms with Crippen molar-refractivity contribution in [3.63, 3.8) is 0 Å². The molecule has 0 saturated carbocycles. The zero-order valence-electron chi connectivity index (χ0n) is 19.1. The zero-order chi connectivity index (χ0) is 23.6. The van der Waals surface area contributed by atoms with Gasteiger partial charge in [0.05, 0.1) is 30.0 Å². The molecule has 3 rings (SSSR count). The van der Waals surface area contributed by atoms with Crippen molar-refractivity contribution in [1.29, 1.82) is 0 Å². The van der Waals surface area contributed by atoms with Gasteiger partial charge in [-0.25, -0.2) is 4.39 Å². The summed E-state index contributed by atoms with van der Waals surface area (Å²) in [5.74, 6) is 1.15. The molecule has 3 N–H and O–H groups in total. The van der Waals surface area contributed by atoms with Crippen LogP contribution in [-0.4, -0.2) is 50.7 Å². The molecule has 1 aliphatic heterocycles. The van der Waals surface area contributed by atoms with E-state index >= 15 is 0 Å². The molecule has 1 saturated heterocycles. The Balaban J connectivity index is 1.28. The van der Waals surface area contributed by atoms with E-state index in [-0.39, 0.29) is 11.7 Å². The van der Waals surface area contributed by atoms with E-state index in [1.54, 1.807) is 24.3 Å². The number of hydrogen-bond donors (Lipinski definition) is 2. The number of nitrogens with one attached hydrogen (secondary N) is 1. The normalized spacial score (nSPS) is 14.8. The topological polar surface area (TPSA) is 76.8 Å². The summed E-state index contributed by atoms with van der Waals surface area (Å²) in [6.45, 7) is 4.46. The lowest BCUT2D eigenvalue weighted by atomic mass is 9.96. The van der Waals surface area contributed by atoms with E-state index in [4.69, 9.17) is 26.8 Å². The van der Waals surface area contributed by atoms with Crippen molar-refractivity contribution >= 4 is 23.2 Å². The number of amides is 1. The average Bonchev–Trinajstić information content (AvgIpc) is 2.83. The fourth-order valence-corrected chi connectivity index (χ4v) is 4.16. The first kappa shape index (κ1) is 25.1. The minimum absolute atomic E-state index is 0.195. The third-order valence-electron chi connectivity index (χ3n) is 6.02. The number of nitrogen functional groups attached to an aromatic ring is 1. The van der Waals surface area contributed by atoms with E-state index in [2.05, 4.69) is 10.2 Å². The minimum atomic E-state index is -0.250. The molecule has 0 bridgehead atoms. The van der Waals surface area contributed by atoms with Crippen LogP contribution >= 0.6 is 11.6 Å². The van der Waals surface area contributed by atoms with Crippen LogP contribution in [0.15, 0.2) is 36.4 Å². The smallest absolute Gasteiger partial charge is 0.255 e. The van der Waals surface area contributed by atoms with Gasteiger partial charge in [0.2, 0.25) is 0 Å². The Morgan fingerprint density at radius 1 is 1.18 bits per heavy atom. The second kappa shape index (κ2) is 12.7. The number of rotatable bonds is 11. The van der Waals surface area contributed by atoms with Crippen LogP contribution in [0, 0.1) is 11.7 Å². The zero-order valence-corrected chi connectivity index (χ0v) is 19.9. The van der Waals surface area contributed by atoms with E-state index in [1.807, 2.05) is 0 Å². The first-order chi connectivity index (χ1) is 16.0. The van der Waals surface area contributed by atoms with Gasteiger partial charge >= 0.3 is 0 Å². The predicted molar refractivity (Wildman–Crippen MR) is 130 cm³/mol. The molecule has 8 heteroatoms. The molecule has 0 aliphatic carbocycles. The lowest BCUT2D eigenvalue weighted by molar-refractivity contribution is 0.0933. The van der Waals surface area contributed by atoms with E-state index < -0.39 is 0 Å². The molecule has 0 spiro atoms. The number of piperidine rings is 1. The number of hydrogen-bond acceptors (Lipinski definition) is 5. The predicted octanol–water partition coefficient (Wildman–Crippen LogP) is 4.76. The number of anilines is 1. The Hall–Kier alpha value is -2.51. The molecule has 6 nitrogen and oxygen atoms in total. The highest BCUT2D eigenvalue weighted by Gasteiger charge is 2.21. The van der Waals surface area contributed by atoms with E-state index in [0.29, 0.717) is 46.8 Å². The quantitative estimate of drug-likeness (QED) is 0.360. The molecular weight excluding hydrogens is 445 g/mol. The highest BCUT2D eigenvalue weighted by Crippen LogP contribution is 2.29. The first-order valence-corrected chi connectivity index (χ1v) is 11.9. The van der Waals surface area contributed by atoms with E-state index in [1.165, 1.54) is 19.2 Å². The van der Waals surface area contributed by atoms with E-state index in [0.717, 1.165) is 51.7 Å². The van der Waals surface area contributed by atoms with Crippen LogP contribution in [-0.2, 0) is 0 Å². The number of unbranched alkanes of at least 4 members (excludes halogenated alkanes) is 2. The maximum atomic E-state index is 12.9. The van der Waals surface area contributed by atoms with E-state index in [9.17, 15) is 9.18 Å². The molecule has 2 aromatic carbocycles. The minimum Gasteiger partial charge on any atom is -0.496 e. The van der Waals surface area contributed by atoms with Crippen molar-refractivity contribution < 1.29 is 18.7 Å². The Morgan fingerprint density at radius 3 is 2.61 bits per heavy atom. The van der Waals surface area contributed by atoms with Crippen molar-refractivity contribution in [2.75, 3.05) is 45.6 Å². The summed E-state index contributed by atoms with van der Waals surface area (Å²) in [4.78, 5) is 15.1. The summed E-state index contributed by atoms with van der Waals surface area (Å²) in [6, 6.07) is 9.26. The number of halogens is 2. The first-order valence-electron chi connectivity index (χ1n) is 11.5. The van der Waals surface area contributed by atoms with Crippen LogP contribution < -0.4 is 20.5 Å². The molecule has 0 aromatic heterocycles. The van der Waals surface area contributed by atoms with Gasteiger partial charge in [0.1, 0.15) is 17.3 Å². The highest BCUT2D eigenvalue weighted by molar-refractivity contribution is 6.33. The summed E-state index contributed by atoms with van der Waals surface area (Å²) in [6.07, 6.45) is 5.34. The fourth-order valence-electron chi connectivity index (χ4n) is 4.00. The van der Waals surface area contributed by atoms with Crippen LogP contribution in [0.4, 0.5) is 10.1 Å². The Labute approximate surface area is 200 Å². The summed E-state index contributed by atoms with van der Waals surface area (Å²) in [5, 5.41) is 3.36. The van der Waals surface area contributed by atoms with Gasteiger partial charge < -0.3 is 25.4 Å². The largest absolute Gasteiger partial charge is 0.496 e. The van der Waals surface area contributed by atoms with Gasteiger partial charge in [0.25, 0.3) is 5.91 Å². The molecule has 180 valence electrons. The van der Waals surface area contributed by atoms with Gasteiger partial charge in [-0.1, -0.05) is 11.6 Å². The van der Waals surface area contributed by atoms with Crippen molar-refractivity contribution in [2.45, 2.75) is 32.1 Å². The second-order valence-electron chi connectivity index (χ2n) is 8.43. The van der Waals surface area contributed by atoms with Gasteiger partial charge in [-0.15, -0.1) is 0 Å². The third-order valence-corrected chi connectivity index (χ3v) is 6.35. The Kier molecular flexibility index (Phi) is 9.63. The molecule has 33 heavy (non-hydrogen) atoms. The number of nitrogens with zero attached hydrogens (tertiary/aromatic N) is 1. The van der Waals surface area contributed by atoms with Gasteiger partial charge in [-0.3, -0.25) is 4.79 Å². The number of nitrogens with two attached hydrogens (primary N) is 1. The standard InChI is InChI=1S/C25H33ClFN3O3/c1-32-24-16-23(28)22(26)15-21(24)25(31)29-17-18-9-12-30(13-10-18)11-3-2-4-14-33-20-7-5-19(27)6-8-20/h5-8,15-16,18H,2-4,9-14,17,28H2,1H3,(H,29,31). The van der Waals surface area contributed by atoms with Crippen LogP contribution in [0.1, 0.15) is 42.5 Å². The number of methoxy groups -OCH3 is 1. The number of carbonyl (C=O) groups excluding carboxylic acids is 1. The van der Waals surface area contributed by atoms with Crippen LogP contribution in [0.2, 0.25) is 5.02 Å². The monoisotopic (exact) mass is 477 g/mol. The lowest BCUT2D eigenvalue weighted by Gasteiger charge is -2.32. The number of benzene rings is 2. The molecule has 1 fully saturated rings. The van der Waals surface area contributed by atoms with Crippen molar-refractivity contribution in [3.05, 3.63) is 52.8 Å². The molecule has 1 amide bonds. The van der Waals surface area contributed by atoms with Gasteiger partial charge in [-0.05, 0) is 88.0 Å². The van der Waals surface area contributed by atoms with Crippen LogP contribution in [0.3, 0.4) is 0 Å².